The second-order valence-electron chi connectivity index (χ2n) is 8.11. The standard InChI is InChI=1S/C25H24N4O2/c1-18-9-10-22-21(16-18)25(31)29-11-5-8-20(23(29)26-22)24(30)28-14-12-27(13-15-28)17-19-6-3-2-4-7-19/h2-11,16H,12-15,17H2,1H3. The van der Waals surface area contributed by atoms with Crippen LogP contribution in [0.3, 0.4) is 0 Å². The van der Waals surface area contributed by atoms with Crippen molar-refractivity contribution in [3.8, 4) is 0 Å². The van der Waals surface area contributed by atoms with E-state index in [1.807, 2.05) is 36.1 Å². The van der Waals surface area contributed by atoms with Crippen LogP contribution in [-0.2, 0) is 6.54 Å². The highest BCUT2D eigenvalue weighted by atomic mass is 16.2. The molecule has 0 radical (unpaired) electrons. The summed E-state index contributed by atoms with van der Waals surface area (Å²) < 4.78 is 1.49. The van der Waals surface area contributed by atoms with Crippen molar-refractivity contribution in [2.75, 3.05) is 26.2 Å². The number of fused-ring (bicyclic) bond motifs is 2. The number of aromatic nitrogens is 2. The van der Waals surface area contributed by atoms with E-state index in [2.05, 4.69) is 34.1 Å². The number of amides is 1. The van der Waals surface area contributed by atoms with Crippen LogP contribution in [0.15, 0.2) is 71.7 Å². The Morgan fingerprint density at radius 2 is 1.74 bits per heavy atom. The van der Waals surface area contributed by atoms with Gasteiger partial charge in [-0.25, -0.2) is 4.98 Å². The van der Waals surface area contributed by atoms with Crippen molar-refractivity contribution in [1.29, 1.82) is 0 Å². The molecule has 156 valence electrons. The fraction of sp³-hybridized carbons (Fsp3) is 0.240. The lowest BCUT2D eigenvalue weighted by molar-refractivity contribution is 0.0629. The van der Waals surface area contributed by atoms with E-state index in [4.69, 9.17) is 0 Å². The van der Waals surface area contributed by atoms with Crippen LogP contribution in [0.4, 0.5) is 0 Å². The van der Waals surface area contributed by atoms with Gasteiger partial charge in [0.25, 0.3) is 11.5 Å². The molecule has 2 aromatic carbocycles. The zero-order valence-corrected chi connectivity index (χ0v) is 17.5. The fourth-order valence-corrected chi connectivity index (χ4v) is 4.23. The molecule has 0 N–H and O–H groups in total. The van der Waals surface area contributed by atoms with E-state index in [1.165, 1.54) is 9.96 Å². The molecule has 0 bridgehead atoms. The molecule has 1 fully saturated rings. The van der Waals surface area contributed by atoms with Crippen molar-refractivity contribution in [3.63, 3.8) is 0 Å². The molecule has 1 aliphatic rings. The summed E-state index contributed by atoms with van der Waals surface area (Å²) in [4.78, 5) is 35.2. The number of hydrogen-bond donors (Lipinski definition) is 0. The van der Waals surface area contributed by atoms with Crippen LogP contribution in [0, 0.1) is 6.92 Å². The Balaban J connectivity index is 1.41. The summed E-state index contributed by atoms with van der Waals surface area (Å²) in [5.41, 5.74) is 3.64. The van der Waals surface area contributed by atoms with Gasteiger partial charge in [-0.1, -0.05) is 42.0 Å². The molecule has 0 unspecified atom stereocenters. The van der Waals surface area contributed by atoms with Gasteiger partial charge in [-0.05, 0) is 36.8 Å². The lowest BCUT2D eigenvalue weighted by Gasteiger charge is -2.34. The fourth-order valence-electron chi connectivity index (χ4n) is 4.23. The number of aryl methyl sites for hydroxylation is 1. The monoisotopic (exact) mass is 412 g/mol. The third kappa shape index (κ3) is 3.70. The molecule has 0 atom stereocenters. The van der Waals surface area contributed by atoms with Crippen LogP contribution in [0.5, 0.6) is 0 Å². The van der Waals surface area contributed by atoms with Gasteiger partial charge in [-0.2, -0.15) is 0 Å². The SMILES string of the molecule is Cc1ccc2nc3c(C(=O)N4CCN(Cc5ccccc5)CC4)cccn3c(=O)c2c1. The van der Waals surface area contributed by atoms with Gasteiger partial charge < -0.3 is 4.90 Å². The van der Waals surface area contributed by atoms with Crippen LogP contribution < -0.4 is 5.56 Å². The highest BCUT2D eigenvalue weighted by molar-refractivity contribution is 6.00. The van der Waals surface area contributed by atoms with Crippen molar-refractivity contribution < 1.29 is 4.79 Å². The highest BCUT2D eigenvalue weighted by Crippen LogP contribution is 2.17. The van der Waals surface area contributed by atoms with E-state index >= 15 is 0 Å². The van der Waals surface area contributed by atoms with Crippen molar-refractivity contribution in [1.82, 2.24) is 19.2 Å². The second-order valence-corrected chi connectivity index (χ2v) is 8.11. The molecule has 2 aromatic heterocycles. The predicted octanol–water partition coefficient (Wildman–Crippen LogP) is 3.11. The van der Waals surface area contributed by atoms with Crippen molar-refractivity contribution >= 4 is 22.5 Å². The lowest BCUT2D eigenvalue weighted by Crippen LogP contribution is -2.48. The van der Waals surface area contributed by atoms with Crippen molar-refractivity contribution in [2.24, 2.45) is 0 Å². The number of rotatable bonds is 3. The van der Waals surface area contributed by atoms with Gasteiger partial charge in [-0.3, -0.25) is 18.9 Å². The molecule has 0 spiro atoms. The summed E-state index contributed by atoms with van der Waals surface area (Å²) >= 11 is 0. The normalized spacial score (nSPS) is 14.9. The molecule has 1 amide bonds. The van der Waals surface area contributed by atoms with E-state index in [9.17, 15) is 9.59 Å². The minimum absolute atomic E-state index is 0.0733. The van der Waals surface area contributed by atoms with E-state index in [-0.39, 0.29) is 11.5 Å². The maximum atomic E-state index is 13.3. The largest absolute Gasteiger partial charge is 0.336 e. The summed E-state index contributed by atoms with van der Waals surface area (Å²) in [7, 11) is 0. The van der Waals surface area contributed by atoms with Crippen LogP contribution >= 0.6 is 0 Å². The predicted molar refractivity (Wildman–Crippen MR) is 121 cm³/mol. The quantitative estimate of drug-likeness (QED) is 0.485. The molecule has 1 saturated heterocycles. The molecule has 1 aliphatic heterocycles. The summed E-state index contributed by atoms with van der Waals surface area (Å²) in [6.45, 7) is 5.79. The first-order valence-electron chi connectivity index (χ1n) is 10.6. The summed E-state index contributed by atoms with van der Waals surface area (Å²) in [5.74, 6) is -0.0733. The Bertz CT molecular complexity index is 1320. The molecule has 3 heterocycles. The maximum Gasteiger partial charge on any atom is 0.265 e. The Hall–Kier alpha value is -3.51. The molecule has 0 aliphatic carbocycles. The first kappa shape index (κ1) is 19.5. The first-order valence-corrected chi connectivity index (χ1v) is 10.6. The minimum Gasteiger partial charge on any atom is -0.336 e. The van der Waals surface area contributed by atoms with Crippen LogP contribution in [0.25, 0.3) is 16.6 Å². The van der Waals surface area contributed by atoms with Gasteiger partial charge in [0, 0.05) is 38.9 Å². The van der Waals surface area contributed by atoms with E-state index in [0.29, 0.717) is 35.2 Å². The molecular formula is C25H24N4O2. The molecule has 0 saturated carbocycles. The van der Waals surface area contributed by atoms with Crippen LogP contribution in [0.2, 0.25) is 0 Å². The van der Waals surface area contributed by atoms with E-state index in [0.717, 1.165) is 25.2 Å². The first-order chi connectivity index (χ1) is 15.1. The average Bonchev–Trinajstić information content (AvgIpc) is 2.80. The highest BCUT2D eigenvalue weighted by Gasteiger charge is 2.24. The summed E-state index contributed by atoms with van der Waals surface area (Å²) in [6.07, 6.45) is 1.68. The Labute approximate surface area is 180 Å². The van der Waals surface area contributed by atoms with Crippen molar-refractivity contribution in [2.45, 2.75) is 13.5 Å². The zero-order chi connectivity index (χ0) is 21.4. The van der Waals surface area contributed by atoms with Gasteiger partial charge in [0.05, 0.1) is 16.5 Å². The average molecular weight is 412 g/mol. The van der Waals surface area contributed by atoms with Gasteiger partial charge in [0.15, 0.2) is 5.65 Å². The smallest absolute Gasteiger partial charge is 0.265 e. The molecule has 6 heteroatoms. The molecule has 31 heavy (non-hydrogen) atoms. The summed E-state index contributed by atoms with van der Waals surface area (Å²) in [5, 5.41) is 0.566. The van der Waals surface area contributed by atoms with Crippen LogP contribution in [0.1, 0.15) is 21.5 Å². The number of pyridine rings is 1. The Morgan fingerprint density at radius 3 is 2.52 bits per heavy atom. The number of nitrogens with zero attached hydrogens (tertiary/aromatic N) is 4. The topological polar surface area (TPSA) is 57.9 Å². The number of carbonyl (C=O) groups is 1. The summed E-state index contributed by atoms with van der Waals surface area (Å²) in [6, 6.07) is 19.5. The Kier molecular flexibility index (Phi) is 5.00. The molecule has 5 rings (SSSR count). The van der Waals surface area contributed by atoms with Crippen LogP contribution in [-0.4, -0.2) is 51.3 Å². The number of benzene rings is 2. The number of hydrogen-bond acceptors (Lipinski definition) is 4. The molecule has 4 aromatic rings. The minimum atomic E-state index is -0.147. The molecular weight excluding hydrogens is 388 g/mol. The Morgan fingerprint density at radius 1 is 0.968 bits per heavy atom. The third-order valence-electron chi connectivity index (χ3n) is 5.93. The zero-order valence-electron chi connectivity index (χ0n) is 17.5. The lowest BCUT2D eigenvalue weighted by atomic mass is 10.1. The number of carbonyl (C=O) groups excluding carboxylic acids is 1. The third-order valence-corrected chi connectivity index (χ3v) is 5.93. The maximum absolute atomic E-state index is 13.3. The second kappa shape index (κ2) is 7.96. The van der Waals surface area contributed by atoms with Gasteiger partial charge >= 0.3 is 0 Å². The van der Waals surface area contributed by atoms with E-state index in [1.54, 1.807) is 18.3 Å². The van der Waals surface area contributed by atoms with E-state index < -0.39 is 0 Å². The van der Waals surface area contributed by atoms with Gasteiger partial charge in [0.1, 0.15) is 0 Å². The van der Waals surface area contributed by atoms with Gasteiger partial charge in [0.2, 0.25) is 0 Å². The van der Waals surface area contributed by atoms with Crippen molar-refractivity contribution in [3.05, 3.63) is 93.9 Å². The van der Waals surface area contributed by atoms with Gasteiger partial charge in [-0.15, -0.1) is 0 Å². The molecule has 6 nitrogen and oxygen atoms in total. The number of piperazine rings is 1.